The molecule has 3 heteroatoms. The molecule has 2 aromatic rings. The van der Waals surface area contributed by atoms with Crippen LogP contribution < -0.4 is 4.74 Å². The van der Waals surface area contributed by atoms with Crippen molar-refractivity contribution in [2.24, 2.45) is 0 Å². The number of hydrogen-bond acceptors (Lipinski definition) is 3. The predicted octanol–water partition coefficient (Wildman–Crippen LogP) is 2.33. The van der Waals surface area contributed by atoms with Gasteiger partial charge in [-0.25, -0.2) is 4.79 Å². The van der Waals surface area contributed by atoms with Crippen LogP contribution in [0.1, 0.15) is 0 Å². The van der Waals surface area contributed by atoms with Crippen molar-refractivity contribution in [3.8, 4) is 5.75 Å². The minimum Gasteiger partial charge on any atom is -0.423 e. The quantitative estimate of drug-likeness (QED) is 0.423. The molecule has 0 fully saturated rings. The van der Waals surface area contributed by atoms with Crippen molar-refractivity contribution < 1.29 is 9.53 Å². The van der Waals surface area contributed by atoms with E-state index in [1.165, 1.54) is 0 Å². The third-order valence-electron chi connectivity index (χ3n) is 2.00. The number of benzene rings is 1. The molecule has 3 nitrogen and oxygen atoms in total. The summed E-state index contributed by atoms with van der Waals surface area (Å²) in [5, 5.41) is 2.00. The van der Waals surface area contributed by atoms with Crippen molar-refractivity contribution in [1.29, 1.82) is 0 Å². The highest BCUT2D eigenvalue weighted by Gasteiger charge is 2.00. The van der Waals surface area contributed by atoms with E-state index in [1.54, 1.807) is 24.5 Å². The lowest BCUT2D eigenvalue weighted by atomic mass is 10.2. The summed E-state index contributed by atoms with van der Waals surface area (Å²) in [4.78, 5) is 15.0. The van der Waals surface area contributed by atoms with Crippen LogP contribution in [-0.2, 0) is 4.79 Å². The standard InChI is InChI=1S/C12H9NO2/c1-2-12(14)15-11-4-3-10-8-13-6-5-9(10)7-11/h2-8H,1H2. The van der Waals surface area contributed by atoms with Crippen molar-refractivity contribution in [1.82, 2.24) is 4.98 Å². The van der Waals surface area contributed by atoms with Crippen LogP contribution in [0.5, 0.6) is 5.75 Å². The molecule has 0 bridgehead atoms. The van der Waals surface area contributed by atoms with Crippen LogP contribution in [0.2, 0.25) is 0 Å². The van der Waals surface area contributed by atoms with E-state index < -0.39 is 5.97 Å². The normalized spacial score (nSPS) is 9.87. The molecule has 1 aromatic carbocycles. The van der Waals surface area contributed by atoms with E-state index in [2.05, 4.69) is 11.6 Å². The second-order valence-corrected chi connectivity index (χ2v) is 3.01. The first-order valence-electron chi connectivity index (χ1n) is 4.47. The molecular weight excluding hydrogens is 190 g/mol. The number of rotatable bonds is 2. The fourth-order valence-corrected chi connectivity index (χ4v) is 1.28. The van der Waals surface area contributed by atoms with Crippen LogP contribution in [0.15, 0.2) is 49.3 Å². The Labute approximate surface area is 87.0 Å². The Morgan fingerprint density at radius 2 is 2.20 bits per heavy atom. The Morgan fingerprint density at radius 3 is 3.00 bits per heavy atom. The first-order valence-corrected chi connectivity index (χ1v) is 4.47. The number of carbonyl (C=O) groups excluding carboxylic acids is 1. The maximum atomic E-state index is 11.0. The van der Waals surface area contributed by atoms with Crippen molar-refractivity contribution in [3.63, 3.8) is 0 Å². The molecule has 0 unspecified atom stereocenters. The van der Waals surface area contributed by atoms with Gasteiger partial charge in [0.2, 0.25) is 0 Å². The zero-order valence-electron chi connectivity index (χ0n) is 8.01. The van der Waals surface area contributed by atoms with Gasteiger partial charge in [0.1, 0.15) is 5.75 Å². The molecule has 0 saturated heterocycles. The number of esters is 1. The Hall–Kier alpha value is -2.16. The first-order chi connectivity index (χ1) is 7.29. The summed E-state index contributed by atoms with van der Waals surface area (Å²) in [5.41, 5.74) is 0. The van der Waals surface area contributed by atoms with E-state index in [0.717, 1.165) is 16.8 Å². The number of aromatic nitrogens is 1. The zero-order valence-corrected chi connectivity index (χ0v) is 8.01. The molecular formula is C12H9NO2. The topological polar surface area (TPSA) is 39.2 Å². The Morgan fingerprint density at radius 1 is 1.33 bits per heavy atom. The van der Waals surface area contributed by atoms with Gasteiger partial charge >= 0.3 is 5.97 Å². The highest BCUT2D eigenvalue weighted by atomic mass is 16.5. The minimum atomic E-state index is -0.455. The summed E-state index contributed by atoms with van der Waals surface area (Å²) in [6, 6.07) is 7.23. The van der Waals surface area contributed by atoms with E-state index in [0.29, 0.717) is 5.75 Å². The first kappa shape index (κ1) is 9.40. The van der Waals surface area contributed by atoms with E-state index in [-0.39, 0.29) is 0 Å². The van der Waals surface area contributed by atoms with Crippen LogP contribution in [-0.4, -0.2) is 11.0 Å². The lowest BCUT2D eigenvalue weighted by Gasteiger charge is -2.02. The summed E-state index contributed by atoms with van der Waals surface area (Å²) in [5.74, 6) is 0.0574. The van der Waals surface area contributed by atoms with Crippen molar-refractivity contribution >= 4 is 16.7 Å². The number of nitrogens with zero attached hydrogens (tertiary/aromatic N) is 1. The molecule has 0 aliphatic carbocycles. The van der Waals surface area contributed by atoms with E-state index in [1.807, 2.05) is 12.1 Å². The Bertz CT molecular complexity index is 520. The highest BCUT2D eigenvalue weighted by Crippen LogP contribution is 2.19. The molecule has 0 spiro atoms. The second-order valence-electron chi connectivity index (χ2n) is 3.01. The van der Waals surface area contributed by atoms with Gasteiger partial charge in [-0.05, 0) is 29.7 Å². The number of ether oxygens (including phenoxy) is 1. The van der Waals surface area contributed by atoms with Crippen LogP contribution in [0.3, 0.4) is 0 Å². The molecule has 0 aliphatic rings. The maximum Gasteiger partial charge on any atom is 0.335 e. The van der Waals surface area contributed by atoms with Gasteiger partial charge < -0.3 is 4.74 Å². The van der Waals surface area contributed by atoms with Gasteiger partial charge in [-0.1, -0.05) is 6.58 Å². The molecule has 15 heavy (non-hydrogen) atoms. The van der Waals surface area contributed by atoms with Crippen LogP contribution >= 0.6 is 0 Å². The molecule has 0 amide bonds. The summed E-state index contributed by atoms with van der Waals surface area (Å²) >= 11 is 0. The van der Waals surface area contributed by atoms with Crippen molar-refractivity contribution in [2.75, 3.05) is 0 Å². The van der Waals surface area contributed by atoms with E-state index in [9.17, 15) is 4.79 Å². The van der Waals surface area contributed by atoms with Gasteiger partial charge in [0.05, 0.1) is 0 Å². The van der Waals surface area contributed by atoms with Gasteiger partial charge in [-0.2, -0.15) is 0 Å². The fourth-order valence-electron chi connectivity index (χ4n) is 1.28. The fraction of sp³-hybridized carbons (Fsp3) is 0. The van der Waals surface area contributed by atoms with Crippen molar-refractivity contribution in [2.45, 2.75) is 0 Å². The Balaban J connectivity index is 2.38. The number of hydrogen-bond donors (Lipinski definition) is 0. The van der Waals surface area contributed by atoms with Gasteiger partial charge in [0.15, 0.2) is 0 Å². The van der Waals surface area contributed by atoms with Crippen molar-refractivity contribution in [3.05, 3.63) is 49.3 Å². The average Bonchev–Trinajstić information content (AvgIpc) is 2.29. The summed E-state index contributed by atoms with van der Waals surface area (Å²) in [6.45, 7) is 3.33. The molecule has 0 atom stereocenters. The zero-order chi connectivity index (χ0) is 10.7. The highest BCUT2D eigenvalue weighted by molar-refractivity contribution is 5.86. The van der Waals surface area contributed by atoms with E-state index >= 15 is 0 Å². The molecule has 2 rings (SSSR count). The van der Waals surface area contributed by atoms with Gasteiger partial charge in [-0.15, -0.1) is 0 Å². The Kier molecular flexibility index (Phi) is 2.46. The summed E-state index contributed by atoms with van der Waals surface area (Å²) in [6.07, 6.45) is 4.59. The molecule has 0 aliphatic heterocycles. The van der Waals surface area contributed by atoms with Crippen LogP contribution in [0.4, 0.5) is 0 Å². The molecule has 0 radical (unpaired) electrons. The van der Waals surface area contributed by atoms with Gasteiger partial charge in [0.25, 0.3) is 0 Å². The summed E-state index contributed by atoms with van der Waals surface area (Å²) < 4.78 is 4.99. The number of fused-ring (bicyclic) bond motifs is 1. The average molecular weight is 199 g/mol. The van der Waals surface area contributed by atoms with Crippen LogP contribution in [0.25, 0.3) is 10.8 Å². The van der Waals surface area contributed by atoms with E-state index in [4.69, 9.17) is 4.74 Å². The molecule has 74 valence electrons. The predicted molar refractivity (Wildman–Crippen MR) is 57.6 cm³/mol. The molecule has 0 N–H and O–H groups in total. The minimum absolute atomic E-state index is 0.455. The summed E-state index contributed by atoms with van der Waals surface area (Å²) in [7, 11) is 0. The maximum absolute atomic E-state index is 11.0. The smallest absolute Gasteiger partial charge is 0.335 e. The van der Waals surface area contributed by atoms with Crippen LogP contribution in [0, 0.1) is 0 Å². The largest absolute Gasteiger partial charge is 0.423 e. The lowest BCUT2D eigenvalue weighted by Crippen LogP contribution is -2.02. The number of pyridine rings is 1. The molecule has 1 heterocycles. The monoisotopic (exact) mass is 199 g/mol. The lowest BCUT2D eigenvalue weighted by molar-refractivity contribution is -0.128. The van der Waals surface area contributed by atoms with Gasteiger partial charge in [-0.3, -0.25) is 4.98 Å². The van der Waals surface area contributed by atoms with Gasteiger partial charge in [0, 0.05) is 23.9 Å². The molecule has 1 aromatic heterocycles. The second kappa shape index (κ2) is 3.92. The molecule has 0 saturated carbocycles. The SMILES string of the molecule is C=CC(=O)Oc1ccc2cnccc2c1. The third-order valence-corrected chi connectivity index (χ3v) is 2.00. The third kappa shape index (κ3) is 2.02. The number of carbonyl (C=O) groups is 1.